The fraction of sp³-hybridized carbons (Fsp3) is 0.308. The Morgan fingerprint density at radius 3 is 2.52 bits per heavy atom. The smallest absolute Gasteiger partial charge is 0.323 e. The predicted molar refractivity (Wildman–Crippen MR) is 74.8 cm³/mol. The molecule has 0 fully saturated rings. The van der Waals surface area contributed by atoms with Crippen LogP contribution in [0, 0.1) is 11.6 Å². The molecule has 2 N–H and O–H groups in total. The van der Waals surface area contributed by atoms with Crippen LogP contribution in [0.5, 0.6) is 6.01 Å². The second kappa shape index (κ2) is 6.78. The average Bonchev–Trinajstić information content (AvgIpc) is 2.42. The summed E-state index contributed by atoms with van der Waals surface area (Å²) in [6.45, 7) is 4.68. The standard InChI is InChI=1S/C13H15F2N5O/c1-3-16-11-18-12(20-13(19-11)21-4-2)17-10-6-5-8(14)7-9(10)15/h5-7H,3-4H2,1-2H3,(H2,16,17,18,19,20). The van der Waals surface area contributed by atoms with E-state index in [0.29, 0.717) is 19.1 Å². The first-order chi connectivity index (χ1) is 10.1. The zero-order chi connectivity index (χ0) is 15.2. The van der Waals surface area contributed by atoms with Crippen LogP contribution in [0.4, 0.5) is 26.4 Å². The lowest BCUT2D eigenvalue weighted by atomic mass is 10.3. The van der Waals surface area contributed by atoms with E-state index in [2.05, 4.69) is 25.6 Å². The first kappa shape index (κ1) is 14.9. The van der Waals surface area contributed by atoms with Crippen molar-refractivity contribution >= 4 is 17.6 Å². The minimum absolute atomic E-state index is 0.0625. The minimum Gasteiger partial charge on any atom is -0.464 e. The monoisotopic (exact) mass is 295 g/mol. The lowest BCUT2D eigenvalue weighted by Gasteiger charge is -2.10. The van der Waals surface area contributed by atoms with Crippen molar-refractivity contribution < 1.29 is 13.5 Å². The zero-order valence-corrected chi connectivity index (χ0v) is 11.7. The molecule has 112 valence electrons. The summed E-state index contributed by atoms with van der Waals surface area (Å²) in [5.74, 6) is -0.980. The maximum Gasteiger partial charge on any atom is 0.323 e. The van der Waals surface area contributed by atoms with Crippen molar-refractivity contribution in [3.05, 3.63) is 29.8 Å². The van der Waals surface area contributed by atoms with Gasteiger partial charge >= 0.3 is 6.01 Å². The van der Waals surface area contributed by atoms with E-state index in [0.717, 1.165) is 12.1 Å². The van der Waals surface area contributed by atoms with E-state index in [1.54, 1.807) is 6.92 Å². The number of aromatic nitrogens is 3. The highest BCUT2D eigenvalue weighted by Crippen LogP contribution is 2.20. The third-order valence-electron chi connectivity index (χ3n) is 2.40. The molecule has 0 aliphatic heterocycles. The Bertz CT molecular complexity index is 599. The first-order valence-corrected chi connectivity index (χ1v) is 6.47. The largest absolute Gasteiger partial charge is 0.464 e. The van der Waals surface area contributed by atoms with Crippen molar-refractivity contribution in [3.63, 3.8) is 0 Å². The molecule has 21 heavy (non-hydrogen) atoms. The Morgan fingerprint density at radius 2 is 1.86 bits per heavy atom. The average molecular weight is 295 g/mol. The Kier molecular flexibility index (Phi) is 4.81. The molecule has 6 nitrogen and oxygen atoms in total. The molecule has 0 bridgehead atoms. The van der Waals surface area contributed by atoms with Gasteiger partial charge in [-0.1, -0.05) is 0 Å². The summed E-state index contributed by atoms with van der Waals surface area (Å²) in [6, 6.07) is 3.30. The SMILES string of the molecule is CCNc1nc(Nc2ccc(F)cc2F)nc(OCC)n1. The van der Waals surface area contributed by atoms with Gasteiger partial charge in [0.15, 0.2) is 0 Å². The molecule has 1 aromatic carbocycles. The maximum atomic E-state index is 13.6. The number of ether oxygens (including phenoxy) is 1. The summed E-state index contributed by atoms with van der Waals surface area (Å²) in [4.78, 5) is 12.1. The van der Waals surface area contributed by atoms with Gasteiger partial charge in [-0.05, 0) is 26.0 Å². The first-order valence-electron chi connectivity index (χ1n) is 6.47. The molecule has 0 saturated heterocycles. The second-order valence-electron chi connectivity index (χ2n) is 3.98. The van der Waals surface area contributed by atoms with Crippen molar-refractivity contribution in [2.24, 2.45) is 0 Å². The van der Waals surface area contributed by atoms with Crippen LogP contribution in [0.2, 0.25) is 0 Å². The van der Waals surface area contributed by atoms with E-state index in [1.165, 1.54) is 6.07 Å². The van der Waals surface area contributed by atoms with Crippen LogP contribution in [-0.2, 0) is 0 Å². The molecule has 2 rings (SSSR count). The summed E-state index contributed by atoms with van der Waals surface area (Å²) in [7, 11) is 0. The highest BCUT2D eigenvalue weighted by atomic mass is 19.1. The number of nitrogens with zero attached hydrogens (tertiary/aromatic N) is 3. The van der Waals surface area contributed by atoms with Gasteiger partial charge in [0.05, 0.1) is 12.3 Å². The molecular weight excluding hydrogens is 280 g/mol. The number of benzene rings is 1. The molecule has 1 heterocycles. The van der Waals surface area contributed by atoms with Crippen molar-refractivity contribution in [1.82, 2.24) is 15.0 Å². The Balaban J connectivity index is 2.29. The zero-order valence-electron chi connectivity index (χ0n) is 11.7. The van der Waals surface area contributed by atoms with E-state index in [4.69, 9.17) is 4.74 Å². The number of rotatable bonds is 6. The summed E-state index contributed by atoms with van der Waals surface area (Å²) in [5, 5.41) is 5.59. The Labute approximate surface area is 120 Å². The molecule has 2 aromatic rings. The van der Waals surface area contributed by atoms with Gasteiger partial charge in [-0.2, -0.15) is 15.0 Å². The van der Waals surface area contributed by atoms with Crippen molar-refractivity contribution in [1.29, 1.82) is 0 Å². The van der Waals surface area contributed by atoms with Gasteiger partial charge in [0, 0.05) is 12.6 Å². The molecule has 0 unspecified atom stereocenters. The molecule has 0 atom stereocenters. The highest BCUT2D eigenvalue weighted by Gasteiger charge is 2.10. The van der Waals surface area contributed by atoms with Crippen LogP contribution >= 0.6 is 0 Å². The van der Waals surface area contributed by atoms with Gasteiger partial charge in [0.1, 0.15) is 11.6 Å². The number of anilines is 3. The predicted octanol–water partition coefficient (Wildman–Crippen LogP) is 2.72. The molecule has 0 aliphatic rings. The molecule has 0 amide bonds. The van der Waals surface area contributed by atoms with Gasteiger partial charge < -0.3 is 15.4 Å². The molecular formula is C13H15F2N5O. The highest BCUT2D eigenvalue weighted by molar-refractivity contribution is 5.55. The molecule has 1 aromatic heterocycles. The van der Waals surface area contributed by atoms with Crippen LogP contribution in [0.1, 0.15) is 13.8 Å². The summed E-state index contributed by atoms with van der Waals surface area (Å²) >= 11 is 0. The summed E-state index contributed by atoms with van der Waals surface area (Å²) in [5.41, 5.74) is 0.0625. The summed E-state index contributed by atoms with van der Waals surface area (Å²) in [6.07, 6.45) is 0. The van der Waals surface area contributed by atoms with E-state index in [9.17, 15) is 8.78 Å². The summed E-state index contributed by atoms with van der Waals surface area (Å²) < 4.78 is 31.7. The third kappa shape index (κ3) is 3.98. The molecule has 0 aliphatic carbocycles. The van der Waals surface area contributed by atoms with E-state index < -0.39 is 11.6 Å². The van der Waals surface area contributed by atoms with Gasteiger partial charge in [-0.15, -0.1) is 0 Å². The van der Waals surface area contributed by atoms with Gasteiger partial charge in [0.2, 0.25) is 11.9 Å². The maximum absolute atomic E-state index is 13.6. The van der Waals surface area contributed by atoms with Gasteiger partial charge in [-0.25, -0.2) is 8.78 Å². The second-order valence-corrected chi connectivity index (χ2v) is 3.98. The Morgan fingerprint density at radius 1 is 1.10 bits per heavy atom. The third-order valence-corrected chi connectivity index (χ3v) is 2.40. The van der Waals surface area contributed by atoms with Crippen LogP contribution in [-0.4, -0.2) is 28.1 Å². The topological polar surface area (TPSA) is 72.0 Å². The molecule has 0 radical (unpaired) electrons. The normalized spacial score (nSPS) is 10.3. The Hall–Kier alpha value is -2.51. The van der Waals surface area contributed by atoms with E-state index in [1.807, 2.05) is 6.92 Å². The lowest BCUT2D eigenvalue weighted by Crippen LogP contribution is -2.09. The van der Waals surface area contributed by atoms with Crippen LogP contribution in [0.3, 0.4) is 0 Å². The minimum atomic E-state index is -0.738. The van der Waals surface area contributed by atoms with Crippen molar-refractivity contribution in [2.75, 3.05) is 23.8 Å². The van der Waals surface area contributed by atoms with E-state index >= 15 is 0 Å². The van der Waals surface area contributed by atoms with Crippen molar-refractivity contribution in [3.8, 4) is 6.01 Å². The van der Waals surface area contributed by atoms with Gasteiger partial charge in [0.25, 0.3) is 0 Å². The van der Waals surface area contributed by atoms with Crippen LogP contribution < -0.4 is 15.4 Å². The quantitative estimate of drug-likeness (QED) is 0.853. The van der Waals surface area contributed by atoms with E-state index in [-0.39, 0.29) is 17.6 Å². The number of nitrogens with one attached hydrogen (secondary N) is 2. The molecule has 8 heteroatoms. The van der Waals surface area contributed by atoms with Crippen molar-refractivity contribution in [2.45, 2.75) is 13.8 Å². The number of hydrogen-bond acceptors (Lipinski definition) is 6. The van der Waals surface area contributed by atoms with Crippen LogP contribution in [0.15, 0.2) is 18.2 Å². The number of hydrogen-bond donors (Lipinski definition) is 2. The number of halogens is 2. The fourth-order valence-electron chi connectivity index (χ4n) is 1.55. The van der Waals surface area contributed by atoms with Crippen LogP contribution in [0.25, 0.3) is 0 Å². The molecule has 0 spiro atoms. The molecule has 0 saturated carbocycles. The lowest BCUT2D eigenvalue weighted by molar-refractivity contribution is 0.312. The fourth-order valence-corrected chi connectivity index (χ4v) is 1.55. The van der Waals surface area contributed by atoms with Gasteiger partial charge in [-0.3, -0.25) is 0 Å².